The molecular weight excluding hydrogens is 467 g/mol. The number of unbranched alkanes of at least 4 members (excludes halogenated alkanes) is 1. The number of carboxylic acid groups (broad SMARTS) is 1. The fourth-order valence-electron chi connectivity index (χ4n) is 4.06. The van der Waals surface area contributed by atoms with Gasteiger partial charge in [-0.05, 0) is 61.4 Å². The molecule has 0 spiro atoms. The third-order valence-electron chi connectivity index (χ3n) is 5.85. The maximum Gasteiger partial charge on any atom is 0.453 e. The molecule has 2 aromatic heterocycles. The van der Waals surface area contributed by atoms with E-state index < -0.39 is 18.0 Å². The number of ether oxygens (including phenoxy) is 2. The van der Waals surface area contributed by atoms with Crippen molar-refractivity contribution >= 4 is 17.4 Å². The van der Waals surface area contributed by atoms with Crippen LogP contribution in [0.1, 0.15) is 43.0 Å². The summed E-state index contributed by atoms with van der Waals surface area (Å²) in [5, 5.41) is 19.4. The Kier molecular flexibility index (Phi) is 7.69. The zero-order valence-electron chi connectivity index (χ0n) is 18.9. The van der Waals surface area contributed by atoms with Crippen molar-refractivity contribution in [3.05, 3.63) is 47.8 Å². The Morgan fingerprint density at radius 1 is 1.03 bits per heavy atom. The molecule has 0 amide bonds. The fourth-order valence-corrected chi connectivity index (χ4v) is 4.06. The zero-order valence-corrected chi connectivity index (χ0v) is 18.9. The fraction of sp³-hybridized carbons (Fsp3) is 0.478. The lowest BCUT2D eigenvalue weighted by Crippen LogP contribution is -2.34. The molecule has 9 nitrogen and oxygen atoms in total. The van der Waals surface area contributed by atoms with Crippen LogP contribution in [0.15, 0.2) is 36.4 Å². The van der Waals surface area contributed by atoms with Gasteiger partial charge in [0.25, 0.3) is 5.82 Å². The lowest BCUT2D eigenvalue weighted by molar-refractivity contribution is -0.146. The first-order valence-corrected chi connectivity index (χ1v) is 11.4. The number of aromatic nitrogens is 4. The molecule has 0 atom stereocenters. The number of nitrogens with zero attached hydrogens (tertiary/aromatic N) is 5. The van der Waals surface area contributed by atoms with Crippen molar-refractivity contribution in [2.75, 3.05) is 37.8 Å². The molecule has 1 saturated heterocycles. The molecule has 188 valence electrons. The maximum absolute atomic E-state index is 13.1. The summed E-state index contributed by atoms with van der Waals surface area (Å²) in [5.41, 5.74) is 1.26. The van der Waals surface area contributed by atoms with E-state index in [0.717, 1.165) is 35.9 Å². The second-order valence-electron chi connectivity index (χ2n) is 8.32. The summed E-state index contributed by atoms with van der Waals surface area (Å²) in [6.07, 6.45) is -1.43. The van der Waals surface area contributed by atoms with Crippen molar-refractivity contribution in [2.45, 2.75) is 37.8 Å². The topological polar surface area (TPSA) is 102 Å². The molecule has 35 heavy (non-hydrogen) atoms. The quantitative estimate of drug-likeness (QED) is 0.426. The van der Waals surface area contributed by atoms with Gasteiger partial charge in [0.05, 0.1) is 6.61 Å². The van der Waals surface area contributed by atoms with E-state index in [1.807, 2.05) is 29.2 Å². The molecule has 0 unspecified atom stereocenters. The van der Waals surface area contributed by atoms with Crippen molar-refractivity contribution in [1.29, 1.82) is 0 Å². The highest BCUT2D eigenvalue weighted by atomic mass is 19.4. The summed E-state index contributed by atoms with van der Waals surface area (Å²) in [6.45, 7) is 1.98. The van der Waals surface area contributed by atoms with E-state index >= 15 is 0 Å². The number of rotatable bonds is 10. The van der Waals surface area contributed by atoms with Crippen LogP contribution in [0.5, 0.6) is 5.75 Å². The molecule has 0 bridgehead atoms. The summed E-state index contributed by atoms with van der Waals surface area (Å²) in [6, 6.07) is 11.1. The second-order valence-corrected chi connectivity index (χ2v) is 8.32. The van der Waals surface area contributed by atoms with E-state index in [9.17, 15) is 18.0 Å². The van der Waals surface area contributed by atoms with Crippen LogP contribution in [0.2, 0.25) is 0 Å². The van der Waals surface area contributed by atoms with E-state index in [0.29, 0.717) is 38.0 Å². The van der Waals surface area contributed by atoms with Gasteiger partial charge in [-0.25, -0.2) is 4.79 Å². The smallest absolute Gasteiger partial charge is 0.453 e. The van der Waals surface area contributed by atoms with Gasteiger partial charge in [0.15, 0.2) is 5.65 Å². The van der Waals surface area contributed by atoms with Gasteiger partial charge in [0.2, 0.25) is 0 Å². The third kappa shape index (κ3) is 6.38. The predicted molar refractivity (Wildman–Crippen MR) is 120 cm³/mol. The van der Waals surface area contributed by atoms with Crippen molar-refractivity contribution in [3.63, 3.8) is 0 Å². The van der Waals surface area contributed by atoms with Gasteiger partial charge in [-0.1, -0.05) is 12.1 Å². The number of anilines is 1. The number of fused-ring (bicyclic) bond motifs is 1. The van der Waals surface area contributed by atoms with E-state index in [1.165, 1.54) is 11.6 Å². The number of halogens is 3. The first-order chi connectivity index (χ1) is 16.8. The monoisotopic (exact) mass is 493 g/mol. The number of alkyl halides is 3. The van der Waals surface area contributed by atoms with Crippen LogP contribution in [0, 0.1) is 0 Å². The lowest BCUT2D eigenvalue weighted by atomic mass is 9.89. The maximum atomic E-state index is 13.1. The average Bonchev–Trinajstić information content (AvgIpc) is 3.28. The van der Waals surface area contributed by atoms with Crippen LogP contribution >= 0.6 is 0 Å². The van der Waals surface area contributed by atoms with E-state index in [2.05, 4.69) is 15.3 Å². The van der Waals surface area contributed by atoms with Crippen molar-refractivity contribution < 1.29 is 32.5 Å². The third-order valence-corrected chi connectivity index (χ3v) is 5.85. The molecule has 0 saturated carbocycles. The summed E-state index contributed by atoms with van der Waals surface area (Å²) < 4.78 is 50.9. The SMILES string of the molecule is O=C(O)COCCCCOc1ccc(C2CCN(c3ccc4nnc(C(F)(F)F)n4n3)CC2)cc1. The Bertz CT molecular complexity index is 1130. The van der Waals surface area contributed by atoms with E-state index in [-0.39, 0.29) is 12.3 Å². The van der Waals surface area contributed by atoms with Gasteiger partial charge < -0.3 is 19.5 Å². The Morgan fingerprint density at radius 2 is 1.74 bits per heavy atom. The summed E-state index contributed by atoms with van der Waals surface area (Å²) in [5.74, 6) is -0.520. The molecule has 4 rings (SSSR count). The Balaban J connectivity index is 1.25. The summed E-state index contributed by atoms with van der Waals surface area (Å²) in [4.78, 5) is 12.4. The first kappa shape index (κ1) is 24.7. The largest absolute Gasteiger partial charge is 0.494 e. The molecule has 3 heterocycles. The number of piperidine rings is 1. The number of hydrogen-bond acceptors (Lipinski definition) is 7. The van der Waals surface area contributed by atoms with Crippen LogP contribution in [0.3, 0.4) is 0 Å². The van der Waals surface area contributed by atoms with Gasteiger partial charge in [0.1, 0.15) is 18.2 Å². The molecule has 12 heteroatoms. The molecule has 3 aromatic rings. The molecular formula is C23H26F3N5O4. The minimum Gasteiger partial charge on any atom is -0.494 e. The van der Waals surface area contributed by atoms with Gasteiger partial charge in [0, 0.05) is 19.7 Å². The van der Waals surface area contributed by atoms with Gasteiger partial charge in [-0.3, -0.25) is 0 Å². The second kappa shape index (κ2) is 10.9. The lowest BCUT2D eigenvalue weighted by Gasteiger charge is -2.33. The van der Waals surface area contributed by atoms with Crippen LogP contribution in [0.25, 0.3) is 5.65 Å². The highest BCUT2D eigenvalue weighted by Gasteiger charge is 2.38. The normalized spacial score (nSPS) is 15.0. The number of carboxylic acids is 1. The number of carbonyl (C=O) groups is 1. The first-order valence-electron chi connectivity index (χ1n) is 11.4. The van der Waals surface area contributed by atoms with E-state index in [4.69, 9.17) is 14.6 Å². The Hall–Kier alpha value is -3.41. The van der Waals surface area contributed by atoms with Crippen molar-refractivity contribution in [2.24, 2.45) is 0 Å². The van der Waals surface area contributed by atoms with Gasteiger partial charge in [-0.2, -0.15) is 17.7 Å². The summed E-state index contributed by atoms with van der Waals surface area (Å²) in [7, 11) is 0. The molecule has 1 aliphatic rings. The minimum atomic E-state index is -4.62. The molecule has 1 aromatic carbocycles. The number of benzene rings is 1. The minimum absolute atomic E-state index is 0.0600. The molecule has 1 aliphatic heterocycles. The Labute approximate surface area is 199 Å². The predicted octanol–water partition coefficient (Wildman–Crippen LogP) is 3.79. The molecule has 1 fully saturated rings. The van der Waals surface area contributed by atoms with Crippen LogP contribution in [-0.4, -0.2) is 63.8 Å². The Morgan fingerprint density at radius 3 is 2.43 bits per heavy atom. The van der Waals surface area contributed by atoms with Crippen LogP contribution in [-0.2, 0) is 15.7 Å². The standard InChI is InChI=1S/C23H26F3N5O4/c24-23(25,26)22-28-27-19-7-8-20(29-31(19)22)30-11-9-17(10-12-30)16-3-5-18(6-4-16)35-14-2-1-13-34-15-21(32)33/h3-8,17H,1-2,9-15H2,(H,32,33). The van der Waals surface area contributed by atoms with Crippen molar-refractivity contribution in [1.82, 2.24) is 19.8 Å². The molecule has 1 N–H and O–H groups in total. The highest BCUT2D eigenvalue weighted by molar-refractivity contribution is 5.67. The number of hydrogen-bond donors (Lipinski definition) is 1. The average molecular weight is 493 g/mol. The van der Waals surface area contributed by atoms with Gasteiger partial charge in [-0.15, -0.1) is 15.3 Å². The molecule has 0 aliphatic carbocycles. The van der Waals surface area contributed by atoms with Crippen molar-refractivity contribution in [3.8, 4) is 5.75 Å². The highest BCUT2D eigenvalue weighted by Crippen LogP contribution is 2.32. The zero-order chi connectivity index (χ0) is 24.8. The van der Waals surface area contributed by atoms with Crippen LogP contribution < -0.4 is 9.64 Å². The van der Waals surface area contributed by atoms with E-state index in [1.54, 1.807) is 6.07 Å². The number of aliphatic carboxylic acids is 1. The van der Waals surface area contributed by atoms with Gasteiger partial charge >= 0.3 is 12.1 Å². The van der Waals surface area contributed by atoms with Crippen LogP contribution in [0.4, 0.5) is 19.0 Å². The summed E-state index contributed by atoms with van der Waals surface area (Å²) >= 11 is 0. The molecule has 0 radical (unpaired) electrons.